The lowest BCUT2D eigenvalue weighted by Crippen LogP contribution is -2.26. The van der Waals surface area contributed by atoms with Gasteiger partial charge >= 0.3 is 0 Å². The Morgan fingerprint density at radius 1 is 1.29 bits per heavy atom. The van der Waals surface area contributed by atoms with Crippen molar-refractivity contribution in [3.05, 3.63) is 64.6 Å². The number of aryl methyl sites for hydroxylation is 3. The molecule has 2 aromatic heterocycles. The Morgan fingerprint density at radius 2 is 2.08 bits per heavy atom. The quantitative estimate of drug-likeness (QED) is 0.733. The minimum absolute atomic E-state index is 0.0647. The molecule has 1 aromatic carbocycles. The van der Waals surface area contributed by atoms with E-state index < -0.39 is 0 Å². The number of hydrogen-bond acceptors (Lipinski definition) is 3. The Bertz CT molecular complexity index is 909. The minimum atomic E-state index is 0.0647. The van der Waals surface area contributed by atoms with Crippen molar-refractivity contribution < 1.29 is 4.79 Å². The molecular weight excluding hydrogens is 318 g/mol. The zero-order chi connectivity index (χ0) is 16.7. The molecule has 0 aliphatic heterocycles. The van der Waals surface area contributed by atoms with Crippen molar-refractivity contribution in [1.29, 1.82) is 0 Å². The highest BCUT2D eigenvalue weighted by atomic mass is 32.1. The lowest BCUT2D eigenvalue weighted by molar-refractivity contribution is 0.0785. The Kier molecular flexibility index (Phi) is 3.73. The molecule has 4 nitrogen and oxygen atoms in total. The molecule has 0 saturated carbocycles. The van der Waals surface area contributed by atoms with Crippen LogP contribution >= 0.6 is 11.3 Å². The Morgan fingerprint density at radius 3 is 2.88 bits per heavy atom. The van der Waals surface area contributed by atoms with Gasteiger partial charge in [-0.15, -0.1) is 11.3 Å². The molecule has 0 saturated heterocycles. The number of amides is 1. The third-order valence-corrected chi connectivity index (χ3v) is 5.79. The monoisotopic (exact) mass is 337 g/mol. The van der Waals surface area contributed by atoms with E-state index in [-0.39, 0.29) is 5.91 Å². The zero-order valence-corrected chi connectivity index (χ0v) is 14.6. The maximum Gasteiger partial charge on any atom is 0.264 e. The second-order valence-corrected chi connectivity index (χ2v) is 7.29. The molecule has 0 fully saturated rings. The first-order chi connectivity index (χ1) is 11.6. The first kappa shape index (κ1) is 15.1. The molecule has 0 N–H and O–H groups in total. The van der Waals surface area contributed by atoms with Crippen LogP contribution < -0.4 is 0 Å². The van der Waals surface area contributed by atoms with Gasteiger partial charge in [0.25, 0.3) is 5.91 Å². The van der Waals surface area contributed by atoms with E-state index in [4.69, 9.17) is 0 Å². The van der Waals surface area contributed by atoms with E-state index >= 15 is 0 Å². The van der Waals surface area contributed by atoms with Gasteiger partial charge in [0.2, 0.25) is 0 Å². The number of imidazole rings is 1. The average molecular weight is 337 g/mol. The molecule has 5 heteroatoms. The first-order valence-corrected chi connectivity index (χ1v) is 8.88. The van der Waals surface area contributed by atoms with Gasteiger partial charge < -0.3 is 9.47 Å². The zero-order valence-electron chi connectivity index (χ0n) is 13.8. The maximum atomic E-state index is 12.8. The van der Waals surface area contributed by atoms with Gasteiger partial charge in [-0.25, -0.2) is 4.98 Å². The number of thiophene rings is 1. The number of rotatable bonds is 3. The van der Waals surface area contributed by atoms with Crippen LogP contribution in [-0.4, -0.2) is 27.4 Å². The van der Waals surface area contributed by atoms with Gasteiger partial charge in [-0.2, -0.15) is 0 Å². The van der Waals surface area contributed by atoms with Crippen molar-refractivity contribution in [2.45, 2.75) is 19.4 Å². The second kappa shape index (κ2) is 5.91. The third kappa shape index (κ3) is 2.55. The van der Waals surface area contributed by atoms with E-state index in [1.807, 2.05) is 24.9 Å². The average Bonchev–Trinajstić information content (AvgIpc) is 3.20. The largest absolute Gasteiger partial charge is 0.337 e. The summed E-state index contributed by atoms with van der Waals surface area (Å²) in [4.78, 5) is 20.9. The van der Waals surface area contributed by atoms with Crippen molar-refractivity contribution in [2.24, 2.45) is 7.05 Å². The van der Waals surface area contributed by atoms with Crippen molar-refractivity contribution >= 4 is 17.2 Å². The van der Waals surface area contributed by atoms with Gasteiger partial charge in [0.15, 0.2) is 0 Å². The SMILES string of the molecule is CN(Cc1nccn1C)C(=O)c1cc2c(s1)-c1ccccc1CC2. The smallest absolute Gasteiger partial charge is 0.264 e. The van der Waals surface area contributed by atoms with Gasteiger partial charge in [0, 0.05) is 31.4 Å². The van der Waals surface area contributed by atoms with Crippen molar-refractivity contribution in [3.63, 3.8) is 0 Å². The molecule has 122 valence electrons. The minimum Gasteiger partial charge on any atom is -0.337 e. The lowest BCUT2D eigenvalue weighted by Gasteiger charge is -2.15. The summed E-state index contributed by atoms with van der Waals surface area (Å²) in [6, 6.07) is 10.6. The van der Waals surface area contributed by atoms with Crippen LogP contribution in [-0.2, 0) is 26.4 Å². The van der Waals surface area contributed by atoms with E-state index in [2.05, 4.69) is 35.3 Å². The van der Waals surface area contributed by atoms with E-state index in [0.717, 1.165) is 23.5 Å². The molecule has 0 radical (unpaired) electrons. The molecule has 4 rings (SSSR count). The standard InChI is InChI=1S/C19H19N3OS/c1-21-10-9-20-17(21)12-22(2)19(23)16-11-14-8-7-13-5-3-4-6-15(13)18(14)24-16/h3-6,9-11H,7-8,12H2,1-2H3. The fourth-order valence-electron chi connectivity index (χ4n) is 3.20. The van der Waals surface area contributed by atoms with E-state index in [1.54, 1.807) is 22.4 Å². The summed E-state index contributed by atoms with van der Waals surface area (Å²) in [5, 5.41) is 0. The molecule has 0 atom stereocenters. The van der Waals surface area contributed by atoms with Crippen LogP contribution in [0.3, 0.4) is 0 Å². The first-order valence-electron chi connectivity index (χ1n) is 8.06. The van der Waals surface area contributed by atoms with E-state index in [0.29, 0.717) is 6.54 Å². The molecule has 0 bridgehead atoms. The molecule has 1 aliphatic rings. The van der Waals surface area contributed by atoms with E-state index in [1.165, 1.54) is 21.6 Å². The molecular formula is C19H19N3OS. The summed E-state index contributed by atoms with van der Waals surface area (Å²) in [7, 11) is 3.78. The topological polar surface area (TPSA) is 38.1 Å². The summed E-state index contributed by atoms with van der Waals surface area (Å²) in [5.41, 5.74) is 3.97. The molecule has 1 aliphatic carbocycles. The highest BCUT2D eigenvalue weighted by molar-refractivity contribution is 7.17. The van der Waals surface area contributed by atoms with Gasteiger partial charge in [-0.1, -0.05) is 24.3 Å². The van der Waals surface area contributed by atoms with Crippen LogP contribution in [0.1, 0.15) is 26.6 Å². The van der Waals surface area contributed by atoms with Crippen LogP contribution in [0.2, 0.25) is 0 Å². The lowest BCUT2D eigenvalue weighted by atomic mass is 9.91. The number of nitrogens with zero attached hydrogens (tertiary/aromatic N) is 3. The second-order valence-electron chi connectivity index (χ2n) is 6.24. The predicted molar refractivity (Wildman–Crippen MR) is 96.2 cm³/mol. The van der Waals surface area contributed by atoms with Gasteiger partial charge in [0.05, 0.1) is 11.4 Å². The number of carbonyl (C=O) groups excluding carboxylic acids is 1. The van der Waals surface area contributed by atoms with E-state index in [9.17, 15) is 4.79 Å². The highest BCUT2D eigenvalue weighted by Gasteiger charge is 2.23. The summed E-state index contributed by atoms with van der Waals surface area (Å²) in [6.07, 6.45) is 5.72. The van der Waals surface area contributed by atoms with Crippen molar-refractivity contribution in [1.82, 2.24) is 14.5 Å². The Labute approximate surface area is 145 Å². The summed E-state index contributed by atoms with van der Waals surface area (Å²) >= 11 is 1.61. The Hall–Kier alpha value is -2.40. The predicted octanol–water partition coefficient (Wildman–Crippen LogP) is 3.52. The van der Waals surface area contributed by atoms with Gasteiger partial charge in [0.1, 0.15) is 5.82 Å². The number of aromatic nitrogens is 2. The summed E-state index contributed by atoms with van der Waals surface area (Å²) < 4.78 is 1.94. The van der Waals surface area contributed by atoms with Crippen LogP contribution in [0, 0.1) is 0 Å². The fourth-order valence-corrected chi connectivity index (χ4v) is 4.46. The van der Waals surface area contributed by atoms with Gasteiger partial charge in [-0.3, -0.25) is 4.79 Å². The maximum absolute atomic E-state index is 12.8. The molecule has 24 heavy (non-hydrogen) atoms. The van der Waals surface area contributed by atoms with Gasteiger partial charge in [-0.05, 0) is 35.6 Å². The molecule has 0 unspecified atom stereocenters. The summed E-state index contributed by atoms with van der Waals surface area (Å²) in [6.45, 7) is 0.515. The van der Waals surface area contributed by atoms with Crippen LogP contribution in [0.4, 0.5) is 0 Å². The van der Waals surface area contributed by atoms with Crippen molar-refractivity contribution in [2.75, 3.05) is 7.05 Å². The normalized spacial score (nSPS) is 12.6. The fraction of sp³-hybridized carbons (Fsp3) is 0.263. The van der Waals surface area contributed by atoms with Crippen LogP contribution in [0.5, 0.6) is 0 Å². The number of benzene rings is 1. The number of fused-ring (bicyclic) bond motifs is 3. The number of hydrogen-bond donors (Lipinski definition) is 0. The highest BCUT2D eigenvalue weighted by Crippen LogP contribution is 2.39. The molecule has 3 aromatic rings. The van der Waals surface area contributed by atoms with Crippen molar-refractivity contribution in [3.8, 4) is 10.4 Å². The third-order valence-electron chi connectivity index (χ3n) is 4.59. The van der Waals surface area contributed by atoms with Crippen LogP contribution in [0.25, 0.3) is 10.4 Å². The Balaban J connectivity index is 1.61. The number of carbonyl (C=O) groups is 1. The molecule has 2 heterocycles. The molecule has 1 amide bonds. The summed E-state index contributed by atoms with van der Waals surface area (Å²) in [5.74, 6) is 0.951. The molecule has 0 spiro atoms. The van der Waals surface area contributed by atoms with Crippen LogP contribution in [0.15, 0.2) is 42.7 Å².